The summed E-state index contributed by atoms with van der Waals surface area (Å²) in [7, 11) is 1.72. The molecule has 1 aliphatic carbocycles. The Bertz CT molecular complexity index is 1310. The number of benzene rings is 2. The maximum atomic E-state index is 14.6. The zero-order valence-electron chi connectivity index (χ0n) is 17.2. The van der Waals surface area contributed by atoms with Crippen LogP contribution in [-0.2, 0) is 7.05 Å². The molecule has 8 heteroatoms. The van der Waals surface area contributed by atoms with Gasteiger partial charge in [0.15, 0.2) is 11.6 Å². The number of aromatic nitrogens is 4. The van der Waals surface area contributed by atoms with Crippen LogP contribution >= 0.6 is 0 Å². The third-order valence-corrected chi connectivity index (χ3v) is 6.39. The van der Waals surface area contributed by atoms with E-state index in [4.69, 9.17) is 0 Å². The Morgan fingerprint density at radius 2 is 2.06 bits per heavy atom. The lowest BCUT2D eigenvalue weighted by Gasteiger charge is -2.35. The summed E-state index contributed by atoms with van der Waals surface area (Å²) in [5, 5.41) is 18.7. The number of hydrogen-bond acceptors (Lipinski definition) is 6. The molecule has 0 bridgehead atoms. The highest BCUT2D eigenvalue weighted by atomic mass is 19.1. The standard InChI is InChI=1S/C23H23FN6O/c1-29-11-14-8-16(23(31)21(24)22(14)28-29)19-10-26-18-9-15(4-5-17(18)27-19)30-7-6-25-20(12-30)13-2-3-13/h4-5,8-11,13,20,25,31H,2-3,6-7,12H2,1H3. The van der Waals surface area contributed by atoms with E-state index < -0.39 is 11.6 Å². The molecule has 0 amide bonds. The maximum Gasteiger partial charge on any atom is 0.193 e. The lowest BCUT2D eigenvalue weighted by molar-refractivity contribution is 0.419. The molecule has 7 nitrogen and oxygen atoms in total. The number of nitrogens with one attached hydrogen (secondary N) is 1. The van der Waals surface area contributed by atoms with Gasteiger partial charge in [0.05, 0.1) is 22.9 Å². The Kier molecular flexibility index (Phi) is 4.11. The second-order valence-electron chi connectivity index (χ2n) is 8.60. The van der Waals surface area contributed by atoms with Gasteiger partial charge in [0, 0.05) is 55.6 Å². The number of phenols is 1. The van der Waals surface area contributed by atoms with Crippen LogP contribution in [-0.4, -0.2) is 50.5 Å². The van der Waals surface area contributed by atoms with E-state index in [-0.39, 0.29) is 5.52 Å². The summed E-state index contributed by atoms with van der Waals surface area (Å²) >= 11 is 0. The average Bonchev–Trinajstić information content (AvgIpc) is 3.57. The van der Waals surface area contributed by atoms with Gasteiger partial charge in [0.1, 0.15) is 5.52 Å². The molecule has 0 radical (unpaired) electrons. The quantitative estimate of drug-likeness (QED) is 0.532. The van der Waals surface area contributed by atoms with Crippen molar-refractivity contribution >= 4 is 27.6 Å². The highest BCUT2D eigenvalue weighted by Crippen LogP contribution is 2.36. The SMILES string of the molecule is Cn1cc2cc(-c3cnc4cc(N5CCNC(C6CC6)C5)ccc4n3)c(O)c(F)c2n1. The number of phenolic OH excluding ortho intramolecular Hbond substituents is 1. The molecular weight excluding hydrogens is 395 g/mol. The molecule has 2 aromatic heterocycles. The molecule has 3 heterocycles. The molecule has 1 unspecified atom stereocenters. The fraction of sp³-hybridized carbons (Fsp3) is 0.348. The monoisotopic (exact) mass is 418 g/mol. The normalized spacial score (nSPS) is 19.4. The first-order valence-electron chi connectivity index (χ1n) is 10.7. The Morgan fingerprint density at radius 3 is 2.90 bits per heavy atom. The van der Waals surface area contributed by atoms with Gasteiger partial charge in [-0.25, -0.2) is 9.37 Å². The van der Waals surface area contributed by atoms with Gasteiger partial charge in [0.2, 0.25) is 0 Å². The molecule has 0 spiro atoms. The van der Waals surface area contributed by atoms with Crippen LogP contribution in [0.3, 0.4) is 0 Å². The van der Waals surface area contributed by atoms with Crippen molar-refractivity contribution in [2.45, 2.75) is 18.9 Å². The highest BCUT2D eigenvalue weighted by Gasteiger charge is 2.34. The summed E-state index contributed by atoms with van der Waals surface area (Å²) in [5.74, 6) is -0.381. The van der Waals surface area contributed by atoms with E-state index >= 15 is 0 Å². The molecule has 1 saturated carbocycles. The molecule has 1 aliphatic heterocycles. The molecule has 2 aliphatic rings. The molecular formula is C23H23FN6O. The van der Waals surface area contributed by atoms with Gasteiger partial charge in [0.25, 0.3) is 0 Å². The van der Waals surface area contributed by atoms with E-state index in [9.17, 15) is 9.50 Å². The molecule has 1 atom stereocenters. The largest absolute Gasteiger partial charge is 0.504 e. The van der Waals surface area contributed by atoms with Gasteiger partial charge in [-0.3, -0.25) is 9.67 Å². The summed E-state index contributed by atoms with van der Waals surface area (Å²) in [6, 6.07) is 8.35. The van der Waals surface area contributed by atoms with Crippen molar-refractivity contribution in [3.63, 3.8) is 0 Å². The van der Waals surface area contributed by atoms with Gasteiger partial charge in [-0.2, -0.15) is 5.10 Å². The number of aromatic hydroxyl groups is 1. The van der Waals surface area contributed by atoms with Crippen LogP contribution < -0.4 is 10.2 Å². The van der Waals surface area contributed by atoms with Crippen molar-refractivity contribution in [1.29, 1.82) is 0 Å². The third-order valence-electron chi connectivity index (χ3n) is 6.39. The number of piperazine rings is 1. The van der Waals surface area contributed by atoms with Crippen LogP contribution in [0.2, 0.25) is 0 Å². The summed E-state index contributed by atoms with van der Waals surface area (Å²) in [5.41, 5.74) is 3.52. The molecule has 6 rings (SSSR count). The molecule has 4 aromatic rings. The highest BCUT2D eigenvalue weighted by molar-refractivity contribution is 5.89. The first-order valence-corrected chi connectivity index (χ1v) is 10.7. The topological polar surface area (TPSA) is 79.1 Å². The molecule has 2 fully saturated rings. The zero-order chi connectivity index (χ0) is 21.1. The maximum absolute atomic E-state index is 14.6. The molecule has 158 valence electrons. The summed E-state index contributed by atoms with van der Waals surface area (Å²) in [6.07, 6.45) is 5.96. The van der Waals surface area contributed by atoms with E-state index in [2.05, 4.69) is 37.4 Å². The number of aryl methyl sites for hydroxylation is 1. The Morgan fingerprint density at radius 1 is 1.19 bits per heavy atom. The number of nitrogens with zero attached hydrogens (tertiary/aromatic N) is 5. The average molecular weight is 418 g/mol. The number of fused-ring (bicyclic) bond motifs is 2. The second kappa shape index (κ2) is 6.88. The first-order chi connectivity index (χ1) is 15.1. The van der Waals surface area contributed by atoms with Gasteiger partial charge in [-0.15, -0.1) is 0 Å². The van der Waals surface area contributed by atoms with Crippen molar-refractivity contribution in [3.05, 3.63) is 42.5 Å². The number of rotatable bonds is 3. The van der Waals surface area contributed by atoms with E-state index in [1.807, 2.05) is 6.07 Å². The lowest BCUT2D eigenvalue weighted by atomic mass is 10.1. The minimum absolute atomic E-state index is 0.141. The van der Waals surface area contributed by atoms with Crippen LogP contribution in [0.4, 0.5) is 10.1 Å². The van der Waals surface area contributed by atoms with Crippen molar-refractivity contribution in [2.24, 2.45) is 13.0 Å². The molecule has 2 N–H and O–H groups in total. The fourth-order valence-corrected chi connectivity index (χ4v) is 4.59. The second-order valence-corrected chi connectivity index (χ2v) is 8.60. The van der Waals surface area contributed by atoms with Crippen LogP contribution in [0.25, 0.3) is 33.2 Å². The van der Waals surface area contributed by atoms with Crippen molar-refractivity contribution in [3.8, 4) is 17.0 Å². The van der Waals surface area contributed by atoms with Gasteiger partial charge < -0.3 is 15.3 Å². The lowest BCUT2D eigenvalue weighted by Crippen LogP contribution is -2.51. The third kappa shape index (κ3) is 3.18. The van der Waals surface area contributed by atoms with E-state index in [1.165, 1.54) is 17.5 Å². The zero-order valence-corrected chi connectivity index (χ0v) is 17.2. The summed E-state index contributed by atoms with van der Waals surface area (Å²) in [6.45, 7) is 2.98. The van der Waals surface area contributed by atoms with Crippen LogP contribution in [0.15, 0.2) is 36.7 Å². The Balaban J connectivity index is 1.35. The molecule has 1 saturated heterocycles. The number of hydrogen-bond donors (Lipinski definition) is 2. The van der Waals surface area contributed by atoms with Gasteiger partial charge >= 0.3 is 0 Å². The fourth-order valence-electron chi connectivity index (χ4n) is 4.59. The van der Waals surface area contributed by atoms with E-state index in [0.29, 0.717) is 28.2 Å². The number of anilines is 1. The van der Waals surface area contributed by atoms with Crippen molar-refractivity contribution in [1.82, 2.24) is 25.1 Å². The summed E-state index contributed by atoms with van der Waals surface area (Å²) in [4.78, 5) is 11.6. The van der Waals surface area contributed by atoms with Crippen LogP contribution in [0.5, 0.6) is 5.75 Å². The predicted octanol–water partition coefficient (Wildman–Crippen LogP) is 3.22. The van der Waals surface area contributed by atoms with Gasteiger partial charge in [-0.1, -0.05) is 0 Å². The molecule has 2 aromatic carbocycles. The van der Waals surface area contributed by atoms with Crippen molar-refractivity contribution < 1.29 is 9.50 Å². The van der Waals surface area contributed by atoms with Crippen molar-refractivity contribution in [2.75, 3.05) is 24.5 Å². The smallest absolute Gasteiger partial charge is 0.193 e. The molecule has 31 heavy (non-hydrogen) atoms. The van der Waals surface area contributed by atoms with Crippen LogP contribution in [0.1, 0.15) is 12.8 Å². The number of halogens is 1. The van der Waals surface area contributed by atoms with E-state index in [0.717, 1.165) is 36.8 Å². The predicted molar refractivity (Wildman–Crippen MR) is 118 cm³/mol. The summed E-state index contributed by atoms with van der Waals surface area (Å²) < 4.78 is 16.2. The van der Waals surface area contributed by atoms with E-state index in [1.54, 1.807) is 25.5 Å². The van der Waals surface area contributed by atoms with Crippen LogP contribution in [0, 0.1) is 11.7 Å². The Hall–Kier alpha value is -3.26. The Labute approximate surface area is 178 Å². The minimum atomic E-state index is -0.741. The van der Waals surface area contributed by atoms with Gasteiger partial charge in [-0.05, 0) is 43.0 Å². The minimum Gasteiger partial charge on any atom is -0.504 e. The first kappa shape index (κ1) is 18.5.